The van der Waals surface area contributed by atoms with Gasteiger partial charge in [0.15, 0.2) is 11.6 Å². The first-order valence-electron chi connectivity index (χ1n) is 13.8. The zero-order chi connectivity index (χ0) is 31.1. The molecule has 1 aliphatic carbocycles. The molecule has 0 aromatic heterocycles. The molecule has 2 amide bonds. The predicted molar refractivity (Wildman–Crippen MR) is 140 cm³/mol. The van der Waals surface area contributed by atoms with Crippen LogP contribution in [0.15, 0.2) is 30.3 Å². The Morgan fingerprint density at radius 2 is 1.63 bits per heavy atom. The van der Waals surface area contributed by atoms with Crippen molar-refractivity contribution >= 4 is 23.5 Å². The van der Waals surface area contributed by atoms with E-state index in [1.165, 1.54) is 13.2 Å². The average molecular weight is 613 g/mol. The van der Waals surface area contributed by atoms with E-state index in [1.807, 2.05) is 0 Å². The average Bonchev–Trinajstić information content (AvgIpc) is 3.56. The minimum atomic E-state index is -4.97. The molecule has 2 aromatic carbocycles. The van der Waals surface area contributed by atoms with Crippen LogP contribution in [0.25, 0.3) is 0 Å². The number of methoxy groups -OCH3 is 1. The first-order valence-corrected chi connectivity index (χ1v) is 13.8. The molecule has 2 bridgehead atoms. The molecule has 3 aliphatic rings. The number of nitrogens with one attached hydrogen (secondary N) is 2. The Bertz CT molecular complexity index is 1410. The molecule has 5 rings (SSSR count). The van der Waals surface area contributed by atoms with Crippen molar-refractivity contribution in [1.29, 1.82) is 0 Å². The van der Waals surface area contributed by atoms with Gasteiger partial charge in [0.05, 0.1) is 54.4 Å². The summed E-state index contributed by atoms with van der Waals surface area (Å²) >= 11 is 0. The van der Waals surface area contributed by atoms with Crippen molar-refractivity contribution in [2.75, 3.05) is 12.4 Å². The minimum absolute atomic E-state index is 0.0894. The summed E-state index contributed by atoms with van der Waals surface area (Å²) in [6.07, 6.45) is -4.08. The number of hydrogen-bond acceptors (Lipinski definition) is 6. The molecule has 0 spiro atoms. The molecular weight excluding hydrogens is 583 g/mol. The highest BCUT2D eigenvalue weighted by Crippen LogP contribution is 2.41. The number of carboxylic acid groups (broad SMARTS) is 1. The standard InChI is InChI=1S/C29H29F5N2O7/c1-41-22-12-19(31)23(42-15-5-2-13(3-6-15)28(39)40)11-16(22)26(37)36-25-21-9-8-20(43-21)24(25)27(38)35-14-4-7-18(30)17(10-14)29(32,33)34/h4,7,10-13,15,20-21,24-25H,2-3,5-6,8-9H2,1H3,(H,35,38)(H,36,37)(H,39,40)/t13?,15?,20-,21+,24+,25-/m0/s1. The number of ether oxygens (including phenoxy) is 3. The summed E-state index contributed by atoms with van der Waals surface area (Å²) in [5, 5.41) is 14.3. The van der Waals surface area contributed by atoms with Crippen molar-refractivity contribution in [3.8, 4) is 11.5 Å². The lowest BCUT2D eigenvalue weighted by molar-refractivity contribution is -0.143. The Balaban J connectivity index is 1.32. The maximum atomic E-state index is 14.9. The van der Waals surface area contributed by atoms with Crippen molar-refractivity contribution in [3.63, 3.8) is 0 Å². The van der Waals surface area contributed by atoms with Crippen LogP contribution in [0.1, 0.15) is 54.4 Å². The number of fused-ring (bicyclic) bond motifs is 2. The summed E-state index contributed by atoms with van der Waals surface area (Å²) in [6, 6.07) is 3.39. The quantitative estimate of drug-likeness (QED) is 0.362. The Labute approximate surface area is 242 Å². The maximum absolute atomic E-state index is 14.9. The molecule has 2 saturated heterocycles. The Kier molecular flexibility index (Phi) is 8.50. The number of rotatable bonds is 8. The monoisotopic (exact) mass is 612 g/mol. The highest BCUT2D eigenvalue weighted by molar-refractivity contribution is 5.99. The topological polar surface area (TPSA) is 123 Å². The molecule has 43 heavy (non-hydrogen) atoms. The lowest BCUT2D eigenvalue weighted by Crippen LogP contribution is -2.51. The summed E-state index contributed by atoms with van der Waals surface area (Å²) < 4.78 is 84.9. The highest BCUT2D eigenvalue weighted by Gasteiger charge is 2.53. The van der Waals surface area contributed by atoms with Crippen LogP contribution in [-0.2, 0) is 20.5 Å². The van der Waals surface area contributed by atoms with Gasteiger partial charge in [0, 0.05) is 11.8 Å². The molecule has 14 heteroatoms. The third-order valence-electron chi connectivity index (χ3n) is 8.23. The summed E-state index contributed by atoms with van der Waals surface area (Å²) in [6.45, 7) is 0. The second-order valence-electron chi connectivity index (χ2n) is 10.9. The zero-order valence-corrected chi connectivity index (χ0v) is 22.9. The van der Waals surface area contributed by atoms with Gasteiger partial charge >= 0.3 is 12.1 Å². The Hall–Kier alpha value is -3.94. The summed E-state index contributed by atoms with van der Waals surface area (Å²) in [5.41, 5.74) is -1.89. The van der Waals surface area contributed by atoms with E-state index in [1.54, 1.807) is 0 Å². The van der Waals surface area contributed by atoms with Crippen LogP contribution in [0, 0.1) is 23.5 Å². The zero-order valence-electron chi connectivity index (χ0n) is 22.9. The number of hydrogen-bond donors (Lipinski definition) is 3. The number of amides is 2. The number of carbonyl (C=O) groups is 3. The fraction of sp³-hybridized carbons (Fsp3) is 0.483. The van der Waals surface area contributed by atoms with E-state index in [2.05, 4.69) is 10.6 Å². The molecular formula is C29H29F5N2O7. The Morgan fingerprint density at radius 3 is 2.28 bits per heavy atom. The van der Waals surface area contributed by atoms with Crippen LogP contribution < -0.4 is 20.1 Å². The smallest absolute Gasteiger partial charge is 0.419 e. The second-order valence-corrected chi connectivity index (χ2v) is 10.9. The van der Waals surface area contributed by atoms with Gasteiger partial charge in [-0.25, -0.2) is 8.78 Å². The van der Waals surface area contributed by atoms with Crippen molar-refractivity contribution < 1.29 is 55.7 Å². The van der Waals surface area contributed by atoms with Gasteiger partial charge in [-0.3, -0.25) is 14.4 Å². The maximum Gasteiger partial charge on any atom is 0.419 e. The van der Waals surface area contributed by atoms with Crippen LogP contribution in [0.3, 0.4) is 0 Å². The SMILES string of the molecule is COc1cc(F)c(OC2CCC(C(=O)O)CC2)cc1C(=O)N[C@@H]1[C@H](C(=O)Nc2ccc(F)c(C(F)(F)F)c2)[C@@H]2CC[C@H]1O2. The van der Waals surface area contributed by atoms with E-state index in [-0.39, 0.29) is 22.7 Å². The van der Waals surface area contributed by atoms with E-state index in [9.17, 15) is 41.4 Å². The van der Waals surface area contributed by atoms with Crippen LogP contribution in [-0.4, -0.2) is 54.4 Å². The van der Waals surface area contributed by atoms with Gasteiger partial charge in [-0.05, 0) is 62.8 Å². The van der Waals surface area contributed by atoms with E-state index >= 15 is 0 Å². The van der Waals surface area contributed by atoms with Gasteiger partial charge < -0.3 is 30.0 Å². The fourth-order valence-corrected chi connectivity index (χ4v) is 6.05. The largest absolute Gasteiger partial charge is 0.496 e. The number of anilines is 1. The molecule has 0 radical (unpaired) electrons. The predicted octanol–water partition coefficient (Wildman–Crippen LogP) is 4.93. The van der Waals surface area contributed by atoms with Gasteiger partial charge in [-0.15, -0.1) is 0 Å². The lowest BCUT2D eigenvalue weighted by Gasteiger charge is -2.29. The molecule has 9 nitrogen and oxygen atoms in total. The van der Waals surface area contributed by atoms with Crippen molar-refractivity contribution in [2.24, 2.45) is 11.8 Å². The van der Waals surface area contributed by atoms with Crippen LogP contribution in [0.5, 0.6) is 11.5 Å². The number of benzene rings is 2. The van der Waals surface area contributed by atoms with Gasteiger partial charge in [0.2, 0.25) is 5.91 Å². The van der Waals surface area contributed by atoms with Crippen molar-refractivity contribution in [3.05, 3.63) is 53.1 Å². The first kappa shape index (κ1) is 30.5. The van der Waals surface area contributed by atoms with Crippen LogP contribution in [0.4, 0.5) is 27.6 Å². The first-order chi connectivity index (χ1) is 20.3. The van der Waals surface area contributed by atoms with Gasteiger partial charge in [0.1, 0.15) is 11.6 Å². The number of carboxylic acids is 1. The van der Waals surface area contributed by atoms with E-state index < -0.39 is 77.3 Å². The molecule has 2 aliphatic heterocycles. The molecule has 1 saturated carbocycles. The minimum Gasteiger partial charge on any atom is -0.496 e. The Morgan fingerprint density at radius 1 is 0.930 bits per heavy atom. The number of halogens is 5. The molecule has 3 N–H and O–H groups in total. The third kappa shape index (κ3) is 6.38. The van der Waals surface area contributed by atoms with Crippen LogP contribution in [0.2, 0.25) is 0 Å². The fourth-order valence-electron chi connectivity index (χ4n) is 6.05. The third-order valence-corrected chi connectivity index (χ3v) is 8.23. The number of alkyl halides is 3. The normalized spacial score (nSPS) is 26.6. The lowest BCUT2D eigenvalue weighted by atomic mass is 9.83. The van der Waals surface area contributed by atoms with E-state index in [0.29, 0.717) is 50.7 Å². The second kappa shape index (κ2) is 12.0. The van der Waals surface area contributed by atoms with E-state index in [4.69, 9.17) is 14.2 Å². The summed E-state index contributed by atoms with van der Waals surface area (Å²) in [4.78, 5) is 37.9. The molecule has 2 aromatic rings. The summed E-state index contributed by atoms with van der Waals surface area (Å²) in [5.74, 6) is -6.41. The van der Waals surface area contributed by atoms with Gasteiger partial charge in [0.25, 0.3) is 5.91 Å². The molecule has 3 fully saturated rings. The summed E-state index contributed by atoms with van der Waals surface area (Å²) in [7, 11) is 1.24. The van der Waals surface area contributed by atoms with Gasteiger partial charge in [-0.2, -0.15) is 13.2 Å². The molecule has 232 valence electrons. The highest BCUT2D eigenvalue weighted by atomic mass is 19.4. The van der Waals surface area contributed by atoms with Crippen molar-refractivity contribution in [1.82, 2.24) is 5.32 Å². The molecule has 0 unspecified atom stereocenters. The van der Waals surface area contributed by atoms with Crippen molar-refractivity contribution in [2.45, 2.75) is 69.1 Å². The number of aliphatic carboxylic acids is 1. The number of carbonyl (C=O) groups excluding carboxylic acids is 2. The van der Waals surface area contributed by atoms with E-state index in [0.717, 1.165) is 12.1 Å². The van der Waals surface area contributed by atoms with Crippen LogP contribution >= 0.6 is 0 Å². The van der Waals surface area contributed by atoms with Gasteiger partial charge in [-0.1, -0.05) is 0 Å². The molecule has 4 atom stereocenters. The molecule has 2 heterocycles.